The van der Waals surface area contributed by atoms with Gasteiger partial charge in [0.15, 0.2) is 0 Å². The summed E-state index contributed by atoms with van der Waals surface area (Å²) in [6, 6.07) is 15.6. The molecule has 0 radical (unpaired) electrons. The molecule has 3 rings (SSSR count). The summed E-state index contributed by atoms with van der Waals surface area (Å²) in [5, 5.41) is 0. The molecule has 0 saturated carbocycles. The second-order valence-corrected chi connectivity index (χ2v) is 10.6. The van der Waals surface area contributed by atoms with E-state index in [2.05, 4.69) is 44.1 Å². The van der Waals surface area contributed by atoms with Gasteiger partial charge in [-0.3, -0.25) is 0 Å². The number of piperazine rings is 1. The van der Waals surface area contributed by atoms with E-state index in [-0.39, 0.29) is 5.41 Å². The molecule has 6 heteroatoms. The molecule has 2 aromatic carbocycles. The predicted octanol–water partition coefficient (Wildman–Crippen LogP) is 4.22. The summed E-state index contributed by atoms with van der Waals surface area (Å²) >= 11 is 1.72. The lowest BCUT2D eigenvalue weighted by atomic mass is 9.87. The van der Waals surface area contributed by atoms with Crippen molar-refractivity contribution < 1.29 is 8.42 Å². The van der Waals surface area contributed by atoms with Gasteiger partial charge in [-0.15, -0.1) is 11.8 Å². The Morgan fingerprint density at radius 3 is 2.04 bits per heavy atom. The summed E-state index contributed by atoms with van der Waals surface area (Å²) in [5.74, 6) is 0. The number of sulfonamides is 1. The van der Waals surface area contributed by atoms with Crippen molar-refractivity contribution in [2.24, 2.45) is 0 Å². The van der Waals surface area contributed by atoms with Crippen LogP contribution in [0, 0.1) is 0 Å². The Kier molecular flexibility index (Phi) is 5.89. The number of para-hydroxylation sites is 1. The van der Waals surface area contributed by atoms with Gasteiger partial charge in [-0.25, -0.2) is 8.42 Å². The fourth-order valence-corrected chi connectivity index (χ4v) is 5.38. The summed E-state index contributed by atoms with van der Waals surface area (Å²) in [5.41, 5.74) is 2.34. The van der Waals surface area contributed by atoms with Crippen LogP contribution < -0.4 is 4.90 Å². The Bertz CT molecular complexity index is 879. The largest absolute Gasteiger partial charge is 0.368 e. The average Bonchev–Trinajstić information content (AvgIpc) is 2.67. The molecule has 1 fully saturated rings. The van der Waals surface area contributed by atoms with E-state index in [4.69, 9.17) is 0 Å². The average molecular weight is 405 g/mol. The Labute approximate surface area is 167 Å². The quantitative estimate of drug-likeness (QED) is 0.716. The van der Waals surface area contributed by atoms with Crippen LogP contribution in [-0.2, 0) is 15.4 Å². The van der Waals surface area contributed by atoms with Gasteiger partial charge in [-0.2, -0.15) is 4.31 Å². The lowest BCUT2D eigenvalue weighted by molar-refractivity contribution is 0.384. The van der Waals surface area contributed by atoms with Crippen LogP contribution in [0.2, 0.25) is 0 Å². The monoisotopic (exact) mass is 404 g/mol. The highest BCUT2D eigenvalue weighted by molar-refractivity contribution is 7.98. The van der Waals surface area contributed by atoms with E-state index in [0.717, 1.165) is 5.56 Å². The van der Waals surface area contributed by atoms with Crippen molar-refractivity contribution >= 4 is 27.5 Å². The van der Waals surface area contributed by atoms with Crippen molar-refractivity contribution in [3.63, 3.8) is 0 Å². The summed E-state index contributed by atoms with van der Waals surface area (Å²) in [4.78, 5) is 3.89. The Balaban J connectivity index is 1.73. The molecule has 0 unspecified atom stereocenters. The van der Waals surface area contributed by atoms with Crippen LogP contribution in [-0.4, -0.2) is 45.2 Å². The zero-order valence-corrected chi connectivity index (χ0v) is 18.1. The van der Waals surface area contributed by atoms with Gasteiger partial charge >= 0.3 is 0 Å². The summed E-state index contributed by atoms with van der Waals surface area (Å²) in [7, 11) is -3.44. The number of hydrogen-bond donors (Lipinski definition) is 0. The minimum atomic E-state index is -3.44. The summed E-state index contributed by atoms with van der Waals surface area (Å²) in [6.45, 7) is 8.80. The molecule has 0 spiro atoms. The van der Waals surface area contributed by atoms with Crippen LogP contribution >= 0.6 is 11.8 Å². The summed E-state index contributed by atoms with van der Waals surface area (Å²) in [6.07, 6.45) is 2.07. The van der Waals surface area contributed by atoms with Gasteiger partial charge in [0, 0.05) is 31.1 Å². The van der Waals surface area contributed by atoms with Gasteiger partial charge in [-0.1, -0.05) is 45.0 Å². The summed E-state index contributed by atoms with van der Waals surface area (Å²) < 4.78 is 27.6. The van der Waals surface area contributed by atoms with Gasteiger partial charge < -0.3 is 4.90 Å². The first-order valence-electron chi connectivity index (χ1n) is 9.22. The third-order valence-corrected chi connectivity index (χ3v) is 7.72. The molecule has 2 aromatic rings. The minimum absolute atomic E-state index is 0.0125. The molecule has 1 aliphatic rings. The molecular weight excluding hydrogens is 376 g/mol. The van der Waals surface area contributed by atoms with E-state index >= 15 is 0 Å². The first-order valence-corrected chi connectivity index (χ1v) is 11.9. The first-order chi connectivity index (χ1) is 12.7. The van der Waals surface area contributed by atoms with Crippen molar-refractivity contribution in [1.29, 1.82) is 0 Å². The maximum absolute atomic E-state index is 13.0. The predicted molar refractivity (Wildman–Crippen MR) is 114 cm³/mol. The molecule has 1 saturated heterocycles. The van der Waals surface area contributed by atoms with Gasteiger partial charge in [0.25, 0.3) is 0 Å². The third kappa shape index (κ3) is 4.33. The molecule has 1 aliphatic heterocycles. The molecule has 0 amide bonds. The number of hydrogen-bond acceptors (Lipinski definition) is 4. The zero-order valence-electron chi connectivity index (χ0n) is 16.5. The van der Waals surface area contributed by atoms with Crippen LogP contribution in [0.4, 0.5) is 5.69 Å². The normalized spacial score (nSPS) is 16.5. The molecule has 27 heavy (non-hydrogen) atoms. The van der Waals surface area contributed by atoms with Crippen molar-refractivity contribution in [3.8, 4) is 0 Å². The Morgan fingerprint density at radius 2 is 1.48 bits per heavy atom. The SMILES string of the molecule is CSc1ccccc1N1CCN(S(=O)(=O)c2ccc(C(C)(C)C)cc2)CC1. The lowest BCUT2D eigenvalue weighted by Gasteiger charge is -2.36. The van der Waals surface area contributed by atoms with E-state index in [0.29, 0.717) is 31.1 Å². The van der Waals surface area contributed by atoms with Crippen molar-refractivity contribution in [1.82, 2.24) is 4.31 Å². The maximum Gasteiger partial charge on any atom is 0.243 e. The standard InChI is InChI=1S/C21H28N2O2S2/c1-21(2,3)17-9-11-18(12-10-17)27(24,25)23-15-13-22(14-16-23)19-7-5-6-8-20(19)26-4/h5-12H,13-16H2,1-4H3. The van der Waals surface area contributed by atoms with Crippen molar-refractivity contribution in [3.05, 3.63) is 54.1 Å². The van der Waals surface area contributed by atoms with Crippen LogP contribution in [0.25, 0.3) is 0 Å². The Hall–Kier alpha value is -1.50. The molecule has 0 N–H and O–H groups in total. The van der Waals surface area contributed by atoms with E-state index in [1.807, 2.05) is 24.3 Å². The molecular formula is C21H28N2O2S2. The zero-order chi connectivity index (χ0) is 19.7. The van der Waals surface area contributed by atoms with Crippen molar-refractivity contribution in [2.45, 2.75) is 36.0 Å². The van der Waals surface area contributed by atoms with Crippen LogP contribution in [0.1, 0.15) is 26.3 Å². The number of nitrogens with zero attached hydrogens (tertiary/aromatic N) is 2. The molecule has 146 valence electrons. The van der Waals surface area contributed by atoms with E-state index in [1.165, 1.54) is 10.6 Å². The molecule has 0 bridgehead atoms. The maximum atomic E-state index is 13.0. The number of thioether (sulfide) groups is 1. The lowest BCUT2D eigenvalue weighted by Crippen LogP contribution is -2.48. The molecule has 4 nitrogen and oxygen atoms in total. The Morgan fingerprint density at radius 1 is 0.889 bits per heavy atom. The highest BCUT2D eigenvalue weighted by Gasteiger charge is 2.29. The van der Waals surface area contributed by atoms with E-state index < -0.39 is 10.0 Å². The van der Waals surface area contributed by atoms with E-state index in [1.54, 1.807) is 28.2 Å². The fourth-order valence-electron chi connectivity index (χ4n) is 3.34. The highest BCUT2D eigenvalue weighted by Crippen LogP contribution is 2.30. The van der Waals surface area contributed by atoms with Gasteiger partial charge in [0.1, 0.15) is 0 Å². The fraction of sp³-hybridized carbons (Fsp3) is 0.429. The smallest absolute Gasteiger partial charge is 0.243 e. The van der Waals surface area contributed by atoms with Crippen molar-refractivity contribution in [2.75, 3.05) is 37.3 Å². The second-order valence-electron chi connectivity index (χ2n) is 7.84. The number of rotatable bonds is 4. The second kappa shape index (κ2) is 7.86. The van der Waals surface area contributed by atoms with Crippen LogP contribution in [0.3, 0.4) is 0 Å². The topological polar surface area (TPSA) is 40.6 Å². The van der Waals surface area contributed by atoms with E-state index in [9.17, 15) is 8.42 Å². The molecule has 0 aromatic heterocycles. The first kappa shape index (κ1) is 20.2. The van der Waals surface area contributed by atoms with Gasteiger partial charge in [0.05, 0.1) is 10.6 Å². The third-order valence-electron chi connectivity index (χ3n) is 5.02. The molecule has 0 aliphatic carbocycles. The highest BCUT2D eigenvalue weighted by atomic mass is 32.2. The van der Waals surface area contributed by atoms with Gasteiger partial charge in [-0.05, 0) is 41.5 Å². The molecule has 1 heterocycles. The van der Waals surface area contributed by atoms with Gasteiger partial charge in [0.2, 0.25) is 10.0 Å². The minimum Gasteiger partial charge on any atom is -0.368 e. The number of anilines is 1. The molecule has 0 atom stereocenters. The number of benzene rings is 2. The van der Waals surface area contributed by atoms with Crippen LogP contribution in [0.15, 0.2) is 58.3 Å². The van der Waals surface area contributed by atoms with Crippen LogP contribution in [0.5, 0.6) is 0 Å².